The number of nitrogens with one attached hydrogen (secondary N) is 2. The van der Waals surface area contributed by atoms with Crippen molar-refractivity contribution in [2.45, 2.75) is 26.3 Å². The minimum atomic E-state index is -0.167. The first-order chi connectivity index (χ1) is 7.91. The molecular formula is C11H21N5O. The molecule has 1 aromatic heterocycles. The maximum atomic E-state index is 11.9. The summed E-state index contributed by atoms with van der Waals surface area (Å²) in [6.45, 7) is 4.69. The molecule has 0 radical (unpaired) electrons. The molecule has 0 fully saturated rings. The van der Waals surface area contributed by atoms with Crippen LogP contribution < -0.4 is 11.1 Å². The van der Waals surface area contributed by atoms with E-state index in [0.717, 1.165) is 13.0 Å². The normalized spacial score (nSPS) is 12.8. The molecule has 1 rings (SSSR count). The Balaban J connectivity index is 2.55. The monoisotopic (exact) mass is 239 g/mol. The van der Waals surface area contributed by atoms with Gasteiger partial charge in [0.2, 0.25) is 0 Å². The third-order valence-corrected chi connectivity index (χ3v) is 2.59. The first-order valence-electron chi connectivity index (χ1n) is 5.67. The predicted molar refractivity (Wildman–Crippen MR) is 67.8 cm³/mol. The van der Waals surface area contributed by atoms with Crippen LogP contribution in [0.1, 0.15) is 29.4 Å². The molecule has 17 heavy (non-hydrogen) atoms. The van der Waals surface area contributed by atoms with E-state index in [1.54, 1.807) is 6.92 Å². The molecule has 1 amide bonds. The molecule has 1 atom stereocenters. The molecule has 6 nitrogen and oxygen atoms in total. The van der Waals surface area contributed by atoms with E-state index in [1.165, 1.54) is 0 Å². The van der Waals surface area contributed by atoms with Gasteiger partial charge in [-0.15, -0.1) is 0 Å². The van der Waals surface area contributed by atoms with E-state index >= 15 is 0 Å². The van der Waals surface area contributed by atoms with Crippen LogP contribution in [0.2, 0.25) is 0 Å². The van der Waals surface area contributed by atoms with Crippen LogP contribution in [-0.2, 0) is 0 Å². The van der Waals surface area contributed by atoms with Gasteiger partial charge in [-0.05, 0) is 40.9 Å². The number of nitrogen functional groups attached to an aromatic ring is 1. The van der Waals surface area contributed by atoms with E-state index in [1.807, 2.05) is 21.0 Å². The fraction of sp³-hybridized carbons (Fsp3) is 0.636. The molecule has 1 unspecified atom stereocenters. The Morgan fingerprint density at radius 3 is 2.71 bits per heavy atom. The van der Waals surface area contributed by atoms with Gasteiger partial charge >= 0.3 is 0 Å². The van der Waals surface area contributed by atoms with Gasteiger partial charge in [-0.25, -0.2) is 0 Å². The summed E-state index contributed by atoms with van der Waals surface area (Å²) in [5, 5.41) is 9.41. The standard InChI is InChI=1S/C11H21N5O/c1-7(5-6-16(3)4)13-11(17)9-8(2)14-15-10(9)12/h7H,5-6H2,1-4H3,(H,13,17)(H3,12,14,15). The highest BCUT2D eigenvalue weighted by Crippen LogP contribution is 2.12. The number of carbonyl (C=O) groups excluding carboxylic acids is 1. The Bertz CT molecular complexity index is 366. The van der Waals surface area contributed by atoms with E-state index in [9.17, 15) is 4.79 Å². The number of amides is 1. The van der Waals surface area contributed by atoms with Gasteiger partial charge < -0.3 is 16.0 Å². The summed E-state index contributed by atoms with van der Waals surface area (Å²) in [6, 6.07) is 0.110. The lowest BCUT2D eigenvalue weighted by Crippen LogP contribution is -2.35. The van der Waals surface area contributed by atoms with Crippen LogP contribution in [-0.4, -0.2) is 47.7 Å². The van der Waals surface area contributed by atoms with Gasteiger partial charge in [0.15, 0.2) is 5.82 Å². The van der Waals surface area contributed by atoms with Crippen molar-refractivity contribution in [3.8, 4) is 0 Å². The van der Waals surface area contributed by atoms with Gasteiger partial charge in [-0.3, -0.25) is 9.89 Å². The molecule has 6 heteroatoms. The zero-order valence-electron chi connectivity index (χ0n) is 10.9. The number of aromatic nitrogens is 2. The zero-order chi connectivity index (χ0) is 13.0. The number of anilines is 1. The van der Waals surface area contributed by atoms with Crippen molar-refractivity contribution in [2.75, 3.05) is 26.4 Å². The van der Waals surface area contributed by atoms with Gasteiger partial charge in [0, 0.05) is 11.7 Å². The number of aromatic amines is 1. The Hall–Kier alpha value is -1.56. The van der Waals surface area contributed by atoms with Gasteiger partial charge in [0.1, 0.15) is 5.56 Å². The summed E-state index contributed by atoms with van der Waals surface area (Å²) >= 11 is 0. The van der Waals surface area contributed by atoms with E-state index < -0.39 is 0 Å². The van der Waals surface area contributed by atoms with Crippen LogP contribution in [0.25, 0.3) is 0 Å². The molecular weight excluding hydrogens is 218 g/mol. The van der Waals surface area contributed by atoms with Crippen LogP contribution in [0.3, 0.4) is 0 Å². The van der Waals surface area contributed by atoms with Crippen molar-refractivity contribution in [2.24, 2.45) is 0 Å². The summed E-state index contributed by atoms with van der Waals surface area (Å²) < 4.78 is 0. The quantitative estimate of drug-likeness (QED) is 0.693. The van der Waals surface area contributed by atoms with Crippen LogP contribution in [0, 0.1) is 6.92 Å². The predicted octanol–water partition coefficient (Wildman–Crippen LogP) is 0.370. The van der Waals surface area contributed by atoms with Crippen molar-refractivity contribution in [3.05, 3.63) is 11.3 Å². The number of rotatable bonds is 5. The molecule has 1 aromatic rings. The van der Waals surface area contributed by atoms with Gasteiger partial charge in [-0.1, -0.05) is 0 Å². The van der Waals surface area contributed by atoms with Gasteiger partial charge in [0.25, 0.3) is 5.91 Å². The molecule has 0 aliphatic rings. The lowest BCUT2D eigenvalue weighted by molar-refractivity contribution is 0.0937. The van der Waals surface area contributed by atoms with E-state index in [-0.39, 0.29) is 17.8 Å². The van der Waals surface area contributed by atoms with Crippen molar-refractivity contribution in [3.63, 3.8) is 0 Å². The van der Waals surface area contributed by atoms with Gasteiger partial charge in [0.05, 0.1) is 0 Å². The zero-order valence-corrected chi connectivity index (χ0v) is 10.9. The Labute approximate surface area is 102 Å². The van der Waals surface area contributed by atoms with E-state index in [0.29, 0.717) is 11.3 Å². The number of aryl methyl sites for hydroxylation is 1. The molecule has 0 saturated carbocycles. The molecule has 0 bridgehead atoms. The van der Waals surface area contributed by atoms with Crippen LogP contribution in [0.5, 0.6) is 0 Å². The molecule has 0 aromatic carbocycles. The molecule has 0 aliphatic heterocycles. The number of H-pyrrole nitrogens is 1. The third-order valence-electron chi connectivity index (χ3n) is 2.59. The smallest absolute Gasteiger partial charge is 0.257 e. The first kappa shape index (κ1) is 13.5. The van der Waals surface area contributed by atoms with Crippen LogP contribution in [0.4, 0.5) is 5.82 Å². The molecule has 0 spiro atoms. The summed E-state index contributed by atoms with van der Waals surface area (Å²) in [6.07, 6.45) is 0.898. The molecule has 0 saturated heterocycles. The second-order valence-corrected chi connectivity index (χ2v) is 4.58. The van der Waals surface area contributed by atoms with Crippen LogP contribution >= 0.6 is 0 Å². The highest BCUT2D eigenvalue weighted by Gasteiger charge is 2.17. The third kappa shape index (κ3) is 3.74. The van der Waals surface area contributed by atoms with E-state index in [4.69, 9.17) is 5.73 Å². The minimum absolute atomic E-state index is 0.110. The number of nitrogens with two attached hydrogens (primary N) is 1. The topological polar surface area (TPSA) is 87.0 Å². The van der Waals surface area contributed by atoms with Crippen molar-refractivity contribution in [1.29, 1.82) is 0 Å². The maximum Gasteiger partial charge on any atom is 0.257 e. The van der Waals surface area contributed by atoms with Crippen molar-refractivity contribution < 1.29 is 4.79 Å². The Morgan fingerprint density at radius 1 is 1.59 bits per heavy atom. The second kappa shape index (κ2) is 5.67. The largest absolute Gasteiger partial charge is 0.382 e. The SMILES string of the molecule is Cc1[nH]nc(N)c1C(=O)NC(C)CCN(C)C. The van der Waals surface area contributed by atoms with Crippen LogP contribution in [0.15, 0.2) is 0 Å². The van der Waals surface area contributed by atoms with Crippen molar-refractivity contribution >= 4 is 11.7 Å². The maximum absolute atomic E-state index is 11.9. The molecule has 0 aliphatic carbocycles. The fourth-order valence-electron chi connectivity index (χ4n) is 1.55. The Morgan fingerprint density at radius 2 is 2.24 bits per heavy atom. The Kier molecular flexibility index (Phi) is 4.51. The highest BCUT2D eigenvalue weighted by atomic mass is 16.1. The van der Waals surface area contributed by atoms with Gasteiger partial charge in [-0.2, -0.15) is 5.10 Å². The number of hydrogen-bond acceptors (Lipinski definition) is 4. The number of nitrogens with zero attached hydrogens (tertiary/aromatic N) is 2. The summed E-state index contributed by atoms with van der Waals surface area (Å²) in [5.41, 5.74) is 6.77. The first-order valence-corrected chi connectivity index (χ1v) is 5.67. The molecule has 96 valence electrons. The number of hydrogen-bond donors (Lipinski definition) is 3. The average molecular weight is 239 g/mol. The summed E-state index contributed by atoms with van der Waals surface area (Å²) in [4.78, 5) is 14.0. The van der Waals surface area contributed by atoms with E-state index in [2.05, 4.69) is 20.4 Å². The molecule has 4 N–H and O–H groups in total. The minimum Gasteiger partial charge on any atom is -0.382 e. The fourth-order valence-corrected chi connectivity index (χ4v) is 1.55. The summed E-state index contributed by atoms with van der Waals surface area (Å²) in [5.74, 6) is 0.0832. The average Bonchev–Trinajstić information content (AvgIpc) is 2.55. The number of carbonyl (C=O) groups is 1. The lowest BCUT2D eigenvalue weighted by atomic mass is 10.2. The second-order valence-electron chi connectivity index (χ2n) is 4.58. The van der Waals surface area contributed by atoms with Crippen molar-refractivity contribution in [1.82, 2.24) is 20.4 Å². The summed E-state index contributed by atoms with van der Waals surface area (Å²) in [7, 11) is 4.01. The lowest BCUT2D eigenvalue weighted by Gasteiger charge is -2.16. The molecule has 1 heterocycles. The highest BCUT2D eigenvalue weighted by molar-refractivity contribution is 5.99.